The van der Waals surface area contributed by atoms with Gasteiger partial charge in [-0.1, -0.05) is 12.1 Å². The normalized spacial score (nSPS) is 11.7. The lowest BCUT2D eigenvalue weighted by molar-refractivity contribution is 0.418. The zero-order valence-corrected chi connectivity index (χ0v) is 10.1. The molecular formula is C12H17ClFNO. The fourth-order valence-corrected chi connectivity index (χ4v) is 1.59. The van der Waals surface area contributed by atoms with E-state index in [1.54, 1.807) is 12.1 Å². The average Bonchev–Trinajstić information content (AvgIpc) is 2.21. The van der Waals surface area contributed by atoms with E-state index in [1.807, 2.05) is 6.92 Å². The summed E-state index contributed by atoms with van der Waals surface area (Å²) in [6.45, 7) is 5.40. The van der Waals surface area contributed by atoms with Crippen LogP contribution in [0.2, 0.25) is 0 Å². The quantitative estimate of drug-likeness (QED) is 0.800. The number of halogens is 2. The van der Waals surface area contributed by atoms with Crippen LogP contribution in [-0.2, 0) is 0 Å². The summed E-state index contributed by atoms with van der Waals surface area (Å²) in [4.78, 5) is 0. The lowest BCUT2D eigenvalue weighted by atomic mass is 9.97. The van der Waals surface area contributed by atoms with Gasteiger partial charge in [-0.05, 0) is 31.4 Å². The largest absolute Gasteiger partial charge is 0.505 e. The highest BCUT2D eigenvalue weighted by atomic mass is 35.5. The number of allylic oxidation sites excluding steroid dienone is 1. The van der Waals surface area contributed by atoms with E-state index in [9.17, 15) is 9.50 Å². The van der Waals surface area contributed by atoms with Gasteiger partial charge in [-0.25, -0.2) is 4.39 Å². The van der Waals surface area contributed by atoms with E-state index < -0.39 is 5.82 Å². The smallest absolute Gasteiger partial charge is 0.165 e. The minimum Gasteiger partial charge on any atom is -0.505 e. The van der Waals surface area contributed by atoms with Crippen LogP contribution in [0.1, 0.15) is 30.0 Å². The number of rotatable bonds is 4. The van der Waals surface area contributed by atoms with E-state index in [4.69, 9.17) is 5.73 Å². The molecule has 0 spiro atoms. The number of hydrogen-bond donors (Lipinski definition) is 2. The lowest BCUT2D eigenvalue weighted by Crippen LogP contribution is -2.12. The molecule has 0 aliphatic carbocycles. The van der Waals surface area contributed by atoms with Crippen molar-refractivity contribution in [2.24, 2.45) is 5.73 Å². The number of hydrogen-bond acceptors (Lipinski definition) is 2. The van der Waals surface area contributed by atoms with Gasteiger partial charge in [-0.3, -0.25) is 0 Å². The Hall–Kier alpha value is -1.06. The van der Waals surface area contributed by atoms with Crippen molar-refractivity contribution in [3.8, 4) is 5.75 Å². The first-order valence-corrected chi connectivity index (χ1v) is 4.92. The fraction of sp³-hybridized carbons (Fsp3) is 0.333. The van der Waals surface area contributed by atoms with Gasteiger partial charge in [0.25, 0.3) is 0 Å². The highest BCUT2D eigenvalue weighted by Crippen LogP contribution is 2.31. The van der Waals surface area contributed by atoms with Crippen LogP contribution in [0.4, 0.5) is 4.39 Å². The topological polar surface area (TPSA) is 46.2 Å². The summed E-state index contributed by atoms with van der Waals surface area (Å²) in [5.74, 6) is -0.948. The van der Waals surface area contributed by atoms with Crippen LogP contribution in [0.5, 0.6) is 5.75 Å². The summed E-state index contributed by atoms with van der Waals surface area (Å²) >= 11 is 0. The summed E-state index contributed by atoms with van der Waals surface area (Å²) in [7, 11) is 0. The second-order valence-electron chi connectivity index (χ2n) is 3.60. The van der Waals surface area contributed by atoms with Gasteiger partial charge in [0.05, 0.1) is 0 Å². The number of aryl methyl sites for hydroxylation is 1. The molecule has 0 saturated carbocycles. The molecule has 0 aliphatic heterocycles. The molecule has 16 heavy (non-hydrogen) atoms. The molecule has 0 fully saturated rings. The van der Waals surface area contributed by atoms with Gasteiger partial charge in [-0.2, -0.15) is 0 Å². The first-order valence-electron chi connectivity index (χ1n) is 4.92. The number of benzene rings is 1. The van der Waals surface area contributed by atoms with Crippen LogP contribution in [-0.4, -0.2) is 5.11 Å². The summed E-state index contributed by atoms with van der Waals surface area (Å²) in [5.41, 5.74) is 7.18. The van der Waals surface area contributed by atoms with Crippen LogP contribution in [0.15, 0.2) is 24.8 Å². The highest BCUT2D eigenvalue weighted by Gasteiger charge is 2.16. The van der Waals surface area contributed by atoms with Gasteiger partial charge in [-0.15, -0.1) is 19.0 Å². The van der Waals surface area contributed by atoms with Crippen molar-refractivity contribution in [3.05, 3.63) is 41.7 Å². The van der Waals surface area contributed by atoms with Crippen LogP contribution in [0.25, 0.3) is 0 Å². The number of nitrogens with two attached hydrogens (primary N) is 1. The summed E-state index contributed by atoms with van der Waals surface area (Å²) < 4.78 is 13.1. The van der Waals surface area contributed by atoms with E-state index in [1.165, 1.54) is 6.07 Å². The Morgan fingerprint density at radius 2 is 2.19 bits per heavy atom. The average molecular weight is 246 g/mol. The van der Waals surface area contributed by atoms with Crippen molar-refractivity contribution >= 4 is 12.4 Å². The van der Waals surface area contributed by atoms with Gasteiger partial charge >= 0.3 is 0 Å². The van der Waals surface area contributed by atoms with Crippen LogP contribution < -0.4 is 5.73 Å². The van der Waals surface area contributed by atoms with Crippen LogP contribution in [0.3, 0.4) is 0 Å². The molecule has 0 saturated heterocycles. The zero-order valence-electron chi connectivity index (χ0n) is 9.24. The molecule has 4 heteroatoms. The molecule has 0 amide bonds. The standard InChI is InChI=1S/C12H16FNO.ClH/c1-3-4-5-10(14)11-8(2)6-7-9(13)12(11)15;/h3,6-7,10,15H,1,4-5,14H2,2H3;1H/t10-;/m0./s1. The second kappa shape index (κ2) is 6.51. The summed E-state index contributed by atoms with van der Waals surface area (Å²) in [6, 6.07) is 2.52. The molecule has 1 aromatic carbocycles. The molecule has 90 valence electrons. The molecule has 0 heterocycles. The minimum atomic E-state index is -0.621. The van der Waals surface area contributed by atoms with Crippen molar-refractivity contribution in [1.82, 2.24) is 0 Å². The van der Waals surface area contributed by atoms with E-state index in [0.29, 0.717) is 12.0 Å². The van der Waals surface area contributed by atoms with Gasteiger partial charge in [0.1, 0.15) is 0 Å². The third-order valence-electron chi connectivity index (χ3n) is 2.44. The number of phenolic OH excluding ortho intramolecular Hbond substituents is 1. The maximum Gasteiger partial charge on any atom is 0.165 e. The minimum absolute atomic E-state index is 0. The van der Waals surface area contributed by atoms with Gasteiger partial charge in [0.2, 0.25) is 0 Å². The van der Waals surface area contributed by atoms with E-state index in [0.717, 1.165) is 12.0 Å². The zero-order chi connectivity index (χ0) is 11.4. The third-order valence-corrected chi connectivity index (χ3v) is 2.44. The van der Waals surface area contributed by atoms with Crippen molar-refractivity contribution in [2.45, 2.75) is 25.8 Å². The molecule has 1 aromatic rings. The Balaban J connectivity index is 0.00000225. The van der Waals surface area contributed by atoms with Crippen LogP contribution in [0, 0.1) is 12.7 Å². The van der Waals surface area contributed by atoms with Gasteiger partial charge < -0.3 is 10.8 Å². The fourth-order valence-electron chi connectivity index (χ4n) is 1.59. The third kappa shape index (κ3) is 3.22. The van der Waals surface area contributed by atoms with E-state index >= 15 is 0 Å². The molecule has 3 N–H and O–H groups in total. The van der Waals surface area contributed by atoms with Crippen molar-refractivity contribution in [3.63, 3.8) is 0 Å². The number of phenols is 1. The highest BCUT2D eigenvalue weighted by molar-refractivity contribution is 5.85. The first-order chi connectivity index (χ1) is 7.07. The predicted molar refractivity (Wildman–Crippen MR) is 66.4 cm³/mol. The molecule has 0 unspecified atom stereocenters. The van der Waals surface area contributed by atoms with E-state index in [-0.39, 0.29) is 24.2 Å². The van der Waals surface area contributed by atoms with Crippen molar-refractivity contribution in [2.75, 3.05) is 0 Å². The lowest BCUT2D eigenvalue weighted by Gasteiger charge is -2.15. The Morgan fingerprint density at radius 1 is 1.56 bits per heavy atom. The Kier molecular flexibility index (Phi) is 6.08. The Morgan fingerprint density at radius 3 is 2.75 bits per heavy atom. The molecular weight excluding hydrogens is 229 g/mol. The maximum absolute atomic E-state index is 13.1. The molecule has 0 aliphatic rings. The van der Waals surface area contributed by atoms with E-state index in [2.05, 4.69) is 6.58 Å². The van der Waals surface area contributed by atoms with Crippen molar-refractivity contribution < 1.29 is 9.50 Å². The Bertz CT molecular complexity index is 368. The number of aromatic hydroxyl groups is 1. The SMILES string of the molecule is C=CCC[C@H](N)c1c(C)ccc(F)c1O.Cl. The van der Waals surface area contributed by atoms with Gasteiger partial charge in [0, 0.05) is 11.6 Å². The summed E-state index contributed by atoms with van der Waals surface area (Å²) in [5, 5.41) is 9.57. The monoisotopic (exact) mass is 245 g/mol. The van der Waals surface area contributed by atoms with Crippen molar-refractivity contribution in [1.29, 1.82) is 0 Å². The van der Waals surface area contributed by atoms with Crippen LogP contribution >= 0.6 is 12.4 Å². The molecule has 2 nitrogen and oxygen atoms in total. The summed E-state index contributed by atoms with van der Waals surface area (Å²) in [6.07, 6.45) is 3.16. The molecule has 0 bridgehead atoms. The molecule has 0 aromatic heterocycles. The predicted octanol–water partition coefficient (Wildman–Crippen LogP) is 3.23. The molecule has 0 radical (unpaired) electrons. The maximum atomic E-state index is 13.1. The second-order valence-corrected chi connectivity index (χ2v) is 3.60. The molecule has 1 rings (SSSR count). The Labute approximate surface area is 101 Å². The van der Waals surface area contributed by atoms with Gasteiger partial charge in [0.15, 0.2) is 11.6 Å². The molecule has 1 atom stereocenters. The first kappa shape index (κ1) is 14.9.